The zero-order valence-corrected chi connectivity index (χ0v) is 8.72. The fourth-order valence-electron chi connectivity index (χ4n) is 1.10. The number of carbonyl (C=O) groups is 1. The molecule has 0 aromatic heterocycles. The Kier molecular flexibility index (Phi) is 3.17. The van der Waals surface area contributed by atoms with Crippen LogP contribution in [0.1, 0.15) is 40.0 Å². The van der Waals surface area contributed by atoms with E-state index in [1.54, 1.807) is 0 Å². The maximum Gasteiger partial charge on any atom is 0.407 e. The molecular weight excluding hydrogens is 166 g/mol. The van der Waals surface area contributed by atoms with E-state index < -0.39 is 0 Å². The van der Waals surface area contributed by atoms with Gasteiger partial charge in [-0.1, -0.05) is 12.8 Å². The van der Waals surface area contributed by atoms with Crippen LogP contribution in [0.15, 0.2) is 0 Å². The summed E-state index contributed by atoms with van der Waals surface area (Å²) >= 11 is 0. The van der Waals surface area contributed by atoms with Crippen LogP contribution in [0.2, 0.25) is 0 Å². The van der Waals surface area contributed by atoms with Crippen LogP contribution in [0.4, 0.5) is 4.79 Å². The van der Waals surface area contributed by atoms with Crippen molar-refractivity contribution in [2.24, 2.45) is 5.92 Å². The monoisotopic (exact) mass is 185 g/mol. The molecular formula is C10H19NO2. The van der Waals surface area contributed by atoms with Gasteiger partial charge in [0.1, 0.15) is 5.60 Å². The van der Waals surface area contributed by atoms with Crippen LogP contribution in [0.25, 0.3) is 0 Å². The van der Waals surface area contributed by atoms with Crippen molar-refractivity contribution >= 4 is 6.09 Å². The van der Waals surface area contributed by atoms with Crippen LogP contribution in [0, 0.1) is 5.92 Å². The van der Waals surface area contributed by atoms with Crippen LogP contribution >= 0.6 is 0 Å². The van der Waals surface area contributed by atoms with Gasteiger partial charge in [0, 0.05) is 6.54 Å². The highest BCUT2D eigenvalue weighted by atomic mass is 16.6. The molecule has 0 aromatic carbocycles. The number of rotatable bonds is 3. The Morgan fingerprint density at radius 2 is 2.08 bits per heavy atom. The van der Waals surface area contributed by atoms with Gasteiger partial charge in [0.25, 0.3) is 0 Å². The van der Waals surface area contributed by atoms with Gasteiger partial charge in [-0.15, -0.1) is 0 Å². The summed E-state index contributed by atoms with van der Waals surface area (Å²) in [4.78, 5) is 11.1. The normalized spacial score (nSPS) is 16.8. The molecule has 0 bridgehead atoms. The molecule has 1 fully saturated rings. The van der Waals surface area contributed by atoms with Crippen LogP contribution in [0.3, 0.4) is 0 Å². The number of hydrogen-bond acceptors (Lipinski definition) is 2. The minimum absolute atomic E-state index is 0.298. The second-order valence-electron chi connectivity index (χ2n) is 4.66. The molecule has 0 aromatic rings. The molecule has 0 unspecified atom stereocenters. The lowest BCUT2D eigenvalue weighted by Gasteiger charge is -2.19. The molecule has 0 atom stereocenters. The van der Waals surface area contributed by atoms with Gasteiger partial charge in [0.05, 0.1) is 0 Å². The second kappa shape index (κ2) is 3.99. The SMILES string of the molecule is CC(C)(C)OC(=O)NCCC1CC1. The second-order valence-corrected chi connectivity index (χ2v) is 4.66. The molecule has 0 radical (unpaired) electrons. The molecule has 0 aliphatic heterocycles. The summed E-state index contributed by atoms with van der Waals surface area (Å²) in [6, 6.07) is 0. The van der Waals surface area contributed by atoms with Gasteiger partial charge in [-0.3, -0.25) is 0 Å². The van der Waals surface area contributed by atoms with Crippen molar-refractivity contribution in [3.63, 3.8) is 0 Å². The van der Waals surface area contributed by atoms with Crippen LogP contribution in [-0.4, -0.2) is 18.2 Å². The van der Waals surface area contributed by atoms with Crippen molar-refractivity contribution in [1.82, 2.24) is 5.32 Å². The highest BCUT2D eigenvalue weighted by Gasteiger charge is 2.21. The van der Waals surface area contributed by atoms with Gasteiger partial charge in [-0.25, -0.2) is 4.79 Å². The van der Waals surface area contributed by atoms with Gasteiger partial charge in [-0.05, 0) is 33.1 Å². The first-order chi connectivity index (χ1) is 5.97. The summed E-state index contributed by atoms with van der Waals surface area (Å²) in [7, 11) is 0. The average Bonchev–Trinajstić information content (AvgIpc) is 2.66. The van der Waals surface area contributed by atoms with Crippen LogP contribution in [-0.2, 0) is 4.74 Å². The van der Waals surface area contributed by atoms with E-state index in [0.717, 1.165) is 18.9 Å². The third-order valence-corrected chi connectivity index (χ3v) is 1.92. The first-order valence-electron chi connectivity index (χ1n) is 4.94. The Morgan fingerprint density at radius 3 is 2.54 bits per heavy atom. The molecule has 76 valence electrons. The molecule has 1 aliphatic carbocycles. The predicted molar refractivity (Wildman–Crippen MR) is 51.6 cm³/mol. The Balaban J connectivity index is 2.02. The van der Waals surface area contributed by atoms with Crippen molar-refractivity contribution in [1.29, 1.82) is 0 Å². The minimum Gasteiger partial charge on any atom is -0.444 e. The molecule has 3 nitrogen and oxygen atoms in total. The van der Waals surface area contributed by atoms with Crippen molar-refractivity contribution in [2.75, 3.05) is 6.54 Å². The molecule has 1 aliphatic rings. The molecule has 13 heavy (non-hydrogen) atoms. The predicted octanol–water partition coefficient (Wildman–Crippen LogP) is 2.31. The van der Waals surface area contributed by atoms with Crippen molar-refractivity contribution in [3.05, 3.63) is 0 Å². The maximum absolute atomic E-state index is 11.1. The van der Waals surface area contributed by atoms with E-state index in [2.05, 4.69) is 5.32 Å². The lowest BCUT2D eigenvalue weighted by Crippen LogP contribution is -2.33. The van der Waals surface area contributed by atoms with E-state index in [0.29, 0.717) is 0 Å². The summed E-state index contributed by atoms with van der Waals surface area (Å²) in [6.45, 7) is 6.36. The lowest BCUT2D eigenvalue weighted by molar-refractivity contribution is 0.0526. The average molecular weight is 185 g/mol. The third-order valence-electron chi connectivity index (χ3n) is 1.92. The molecule has 0 spiro atoms. The number of alkyl carbamates (subject to hydrolysis) is 1. The molecule has 0 heterocycles. The van der Waals surface area contributed by atoms with Crippen LogP contribution in [0.5, 0.6) is 0 Å². The summed E-state index contributed by atoms with van der Waals surface area (Å²) in [6.07, 6.45) is 3.46. The Bertz CT molecular complexity index is 180. The van der Waals surface area contributed by atoms with E-state index in [1.165, 1.54) is 12.8 Å². The summed E-state index contributed by atoms with van der Waals surface area (Å²) < 4.78 is 5.09. The summed E-state index contributed by atoms with van der Waals surface area (Å²) in [5, 5.41) is 2.75. The summed E-state index contributed by atoms with van der Waals surface area (Å²) in [5.74, 6) is 0.856. The van der Waals surface area contributed by atoms with Gasteiger partial charge in [0.15, 0.2) is 0 Å². The summed E-state index contributed by atoms with van der Waals surface area (Å²) in [5.41, 5.74) is -0.385. The Labute approximate surface area is 79.8 Å². The Hall–Kier alpha value is -0.730. The Morgan fingerprint density at radius 1 is 1.46 bits per heavy atom. The molecule has 1 N–H and O–H groups in total. The van der Waals surface area contributed by atoms with Crippen molar-refractivity contribution < 1.29 is 9.53 Å². The maximum atomic E-state index is 11.1. The molecule has 3 heteroatoms. The van der Waals surface area contributed by atoms with E-state index in [4.69, 9.17) is 4.74 Å². The highest BCUT2D eigenvalue weighted by Crippen LogP contribution is 2.31. The van der Waals surface area contributed by atoms with Gasteiger partial charge in [-0.2, -0.15) is 0 Å². The lowest BCUT2D eigenvalue weighted by atomic mass is 10.2. The fraction of sp³-hybridized carbons (Fsp3) is 0.900. The minimum atomic E-state index is -0.385. The number of carbonyl (C=O) groups excluding carboxylic acids is 1. The van der Waals surface area contributed by atoms with E-state index in [1.807, 2.05) is 20.8 Å². The zero-order valence-electron chi connectivity index (χ0n) is 8.72. The number of ether oxygens (including phenoxy) is 1. The largest absolute Gasteiger partial charge is 0.444 e. The van der Waals surface area contributed by atoms with E-state index in [-0.39, 0.29) is 11.7 Å². The number of nitrogens with one attached hydrogen (secondary N) is 1. The number of hydrogen-bond donors (Lipinski definition) is 1. The first kappa shape index (κ1) is 10.4. The molecule has 1 saturated carbocycles. The third kappa shape index (κ3) is 5.50. The molecule has 1 rings (SSSR count). The topological polar surface area (TPSA) is 38.3 Å². The molecule has 0 saturated heterocycles. The van der Waals surface area contributed by atoms with Crippen LogP contribution < -0.4 is 5.32 Å². The highest BCUT2D eigenvalue weighted by molar-refractivity contribution is 5.67. The zero-order chi connectivity index (χ0) is 9.90. The van der Waals surface area contributed by atoms with Crippen molar-refractivity contribution in [2.45, 2.75) is 45.6 Å². The molecule has 1 amide bonds. The van der Waals surface area contributed by atoms with Crippen molar-refractivity contribution in [3.8, 4) is 0 Å². The van der Waals surface area contributed by atoms with Gasteiger partial charge in [0.2, 0.25) is 0 Å². The smallest absolute Gasteiger partial charge is 0.407 e. The number of amides is 1. The van der Waals surface area contributed by atoms with E-state index in [9.17, 15) is 4.79 Å². The quantitative estimate of drug-likeness (QED) is 0.732. The van der Waals surface area contributed by atoms with Gasteiger partial charge < -0.3 is 10.1 Å². The standard InChI is InChI=1S/C10H19NO2/c1-10(2,3)13-9(12)11-7-6-8-4-5-8/h8H,4-7H2,1-3H3,(H,11,12). The fourth-order valence-corrected chi connectivity index (χ4v) is 1.10. The van der Waals surface area contributed by atoms with Gasteiger partial charge >= 0.3 is 6.09 Å². The van der Waals surface area contributed by atoms with E-state index >= 15 is 0 Å². The first-order valence-corrected chi connectivity index (χ1v) is 4.94.